The van der Waals surface area contributed by atoms with Gasteiger partial charge in [-0.3, -0.25) is 9.59 Å². The van der Waals surface area contributed by atoms with Crippen molar-refractivity contribution in [2.75, 3.05) is 6.54 Å². The Bertz CT molecular complexity index is 422. The monoisotopic (exact) mass is 259 g/mol. The SMILES string of the molecule is O=C(CCC1CCCC1)NCC(=O)c1ccccc1. The van der Waals surface area contributed by atoms with Crippen molar-refractivity contribution in [3.8, 4) is 0 Å². The van der Waals surface area contributed by atoms with Gasteiger partial charge in [0.2, 0.25) is 5.91 Å². The lowest BCUT2D eigenvalue weighted by molar-refractivity contribution is -0.121. The fraction of sp³-hybridized carbons (Fsp3) is 0.500. The number of rotatable bonds is 6. The van der Waals surface area contributed by atoms with E-state index in [1.807, 2.05) is 18.2 Å². The summed E-state index contributed by atoms with van der Waals surface area (Å²) in [6, 6.07) is 9.07. The van der Waals surface area contributed by atoms with E-state index in [2.05, 4.69) is 5.32 Å². The minimum Gasteiger partial charge on any atom is -0.349 e. The maximum absolute atomic E-state index is 11.8. The highest BCUT2D eigenvalue weighted by Crippen LogP contribution is 2.28. The van der Waals surface area contributed by atoms with Crippen molar-refractivity contribution in [2.45, 2.75) is 38.5 Å². The molecule has 1 N–H and O–H groups in total. The van der Waals surface area contributed by atoms with E-state index in [0.29, 0.717) is 12.0 Å². The van der Waals surface area contributed by atoms with Crippen molar-refractivity contribution >= 4 is 11.7 Å². The number of benzene rings is 1. The normalized spacial score (nSPS) is 15.4. The molecule has 0 atom stereocenters. The number of carbonyl (C=O) groups is 2. The molecule has 2 rings (SSSR count). The molecule has 1 aromatic carbocycles. The summed E-state index contributed by atoms with van der Waals surface area (Å²) < 4.78 is 0. The van der Waals surface area contributed by atoms with Crippen LogP contribution >= 0.6 is 0 Å². The van der Waals surface area contributed by atoms with Crippen LogP contribution in [0.25, 0.3) is 0 Å². The second-order valence-corrected chi connectivity index (χ2v) is 5.26. The first-order chi connectivity index (χ1) is 9.25. The Morgan fingerprint density at radius 3 is 2.47 bits per heavy atom. The average Bonchev–Trinajstić information content (AvgIpc) is 2.96. The fourth-order valence-corrected chi connectivity index (χ4v) is 2.63. The zero-order valence-electron chi connectivity index (χ0n) is 11.2. The van der Waals surface area contributed by atoms with Crippen molar-refractivity contribution in [3.63, 3.8) is 0 Å². The summed E-state index contributed by atoms with van der Waals surface area (Å²) in [5.41, 5.74) is 0.651. The standard InChI is InChI=1S/C16H21NO2/c18-15(14-8-2-1-3-9-14)12-17-16(19)11-10-13-6-4-5-7-13/h1-3,8-9,13H,4-7,10-12H2,(H,17,19). The van der Waals surface area contributed by atoms with Gasteiger partial charge < -0.3 is 5.32 Å². The number of ketones is 1. The van der Waals surface area contributed by atoms with E-state index >= 15 is 0 Å². The smallest absolute Gasteiger partial charge is 0.220 e. The van der Waals surface area contributed by atoms with Crippen LogP contribution < -0.4 is 5.32 Å². The minimum absolute atomic E-state index is 0.00354. The first kappa shape index (κ1) is 13.8. The van der Waals surface area contributed by atoms with Crippen LogP contribution in [0.2, 0.25) is 0 Å². The highest BCUT2D eigenvalue weighted by Gasteiger charge is 2.16. The molecule has 0 heterocycles. The van der Waals surface area contributed by atoms with Crippen LogP contribution in [0, 0.1) is 5.92 Å². The maximum Gasteiger partial charge on any atom is 0.220 e. The topological polar surface area (TPSA) is 46.2 Å². The first-order valence-corrected chi connectivity index (χ1v) is 7.10. The zero-order valence-corrected chi connectivity index (χ0v) is 11.2. The molecule has 1 fully saturated rings. The Labute approximate surface area is 114 Å². The van der Waals surface area contributed by atoms with E-state index in [-0.39, 0.29) is 18.2 Å². The summed E-state index contributed by atoms with van der Waals surface area (Å²) in [6.07, 6.45) is 6.64. The lowest BCUT2D eigenvalue weighted by Gasteiger charge is -2.08. The Kier molecular flexibility index (Phi) is 5.13. The molecule has 1 aliphatic rings. The molecular formula is C16H21NO2. The van der Waals surface area contributed by atoms with Gasteiger partial charge in [-0.25, -0.2) is 0 Å². The van der Waals surface area contributed by atoms with Gasteiger partial charge in [0.25, 0.3) is 0 Å². The Hall–Kier alpha value is -1.64. The molecule has 1 amide bonds. The molecule has 0 spiro atoms. The van der Waals surface area contributed by atoms with Crippen molar-refractivity contribution < 1.29 is 9.59 Å². The number of Topliss-reactive ketones (excluding diaryl/α,β-unsaturated/α-hetero) is 1. The van der Waals surface area contributed by atoms with Crippen LogP contribution in [0.5, 0.6) is 0 Å². The Balaban J connectivity index is 1.67. The molecule has 0 aliphatic heterocycles. The van der Waals surface area contributed by atoms with E-state index in [1.54, 1.807) is 12.1 Å². The van der Waals surface area contributed by atoms with Crippen molar-refractivity contribution in [3.05, 3.63) is 35.9 Å². The van der Waals surface area contributed by atoms with Crippen LogP contribution in [0.3, 0.4) is 0 Å². The van der Waals surface area contributed by atoms with Gasteiger partial charge >= 0.3 is 0 Å². The number of carbonyl (C=O) groups excluding carboxylic acids is 2. The second-order valence-electron chi connectivity index (χ2n) is 5.26. The number of amides is 1. The first-order valence-electron chi connectivity index (χ1n) is 7.10. The van der Waals surface area contributed by atoms with Crippen LogP contribution in [0.4, 0.5) is 0 Å². The predicted molar refractivity (Wildman–Crippen MR) is 75.0 cm³/mol. The number of nitrogens with one attached hydrogen (secondary N) is 1. The maximum atomic E-state index is 11.8. The molecule has 3 heteroatoms. The van der Waals surface area contributed by atoms with Gasteiger partial charge in [-0.1, -0.05) is 56.0 Å². The van der Waals surface area contributed by atoms with Gasteiger partial charge in [0.15, 0.2) is 5.78 Å². The molecule has 102 valence electrons. The third-order valence-corrected chi connectivity index (χ3v) is 3.80. The molecule has 1 aliphatic carbocycles. The van der Waals surface area contributed by atoms with Crippen LogP contribution in [0.1, 0.15) is 48.9 Å². The number of hydrogen-bond acceptors (Lipinski definition) is 2. The third-order valence-electron chi connectivity index (χ3n) is 3.80. The van der Waals surface area contributed by atoms with Gasteiger partial charge in [-0.2, -0.15) is 0 Å². The summed E-state index contributed by atoms with van der Waals surface area (Å²) >= 11 is 0. The lowest BCUT2D eigenvalue weighted by atomic mass is 10.0. The van der Waals surface area contributed by atoms with Gasteiger partial charge in [-0.05, 0) is 12.3 Å². The molecule has 0 aromatic heterocycles. The summed E-state index contributed by atoms with van der Waals surface area (Å²) in [4.78, 5) is 23.5. The number of hydrogen-bond donors (Lipinski definition) is 1. The minimum atomic E-state index is -0.0326. The van der Waals surface area contributed by atoms with Gasteiger partial charge in [-0.15, -0.1) is 0 Å². The van der Waals surface area contributed by atoms with Crippen LogP contribution in [-0.4, -0.2) is 18.2 Å². The van der Waals surface area contributed by atoms with Crippen molar-refractivity contribution in [1.82, 2.24) is 5.32 Å². The van der Waals surface area contributed by atoms with Crippen molar-refractivity contribution in [2.24, 2.45) is 5.92 Å². The largest absolute Gasteiger partial charge is 0.349 e. The third kappa shape index (κ3) is 4.51. The molecule has 3 nitrogen and oxygen atoms in total. The molecule has 1 saturated carbocycles. The van der Waals surface area contributed by atoms with Crippen LogP contribution in [0.15, 0.2) is 30.3 Å². The van der Waals surface area contributed by atoms with E-state index in [1.165, 1.54) is 25.7 Å². The summed E-state index contributed by atoms with van der Waals surface area (Å²) in [5.74, 6) is 0.682. The zero-order chi connectivity index (χ0) is 13.5. The van der Waals surface area contributed by atoms with E-state index in [0.717, 1.165) is 12.3 Å². The Morgan fingerprint density at radius 2 is 1.79 bits per heavy atom. The van der Waals surface area contributed by atoms with Gasteiger partial charge in [0.05, 0.1) is 6.54 Å². The predicted octanol–water partition coefficient (Wildman–Crippen LogP) is 2.96. The summed E-state index contributed by atoms with van der Waals surface area (Å²) in [5, 5.41) is 2.72. The molecule has 0 unspecified atom stereocenters. The molecule has 0 saturated heterocycles. The summed E-state index contributed by atoms with van der Waals surface area (Å²) in [6.45, 7) is 0.105. The quantitative estimate of drug-likeness (QED) is 0.798. The molecule has 0 radical (unpaired) electrons. The molecule has 1 aromatic rings. The molecule has 19 heavy (non-hydrogen) atoms. The summed E-state index contributed by atoms with van der Waals surface area (Å²) in [7, 11) is 0. The highest BCUT2D eigenvalue weighted by atomic mass is 16.2. The highest BCUT2D eigenvalue weighted by molar-refractivity contribution is 5.99. The lowest BCUT2D eigenvalue weighted by Crippen LogP contribution is -2.29. The van der Waals surface area contributed by atoms with E-state index < -0.39 is 0 Å². The average molecular weight is 259 g/mol. The molecule has 0 bridgehead atoms. The van der Waals surface area contributed by atoms with E-state index in [9.17, 15) is 9.59 Å². The Morgan fingerprint density at radius 1 is 1.11 bits per heavy atom. The molecular weight excluding hydrogens is 238 g/mol. The van der Waals surface area contributed by atoms with Crippen LogP contribution in [-0.2, 0) is 4.79 Å². The van der Waals surface area contributed by atoms with Gasteiger partial charge in [0.1, 0.15) is 0 Å². The fourth-order valence-electron chi connectivity index (χ4n) is 2.63. The van der Waals surface area contributed by atoms with Gasteiger partial charge in [0, 0.05) is 12.0 Å². The second kappa shape index (κ2) is 7.07. The van der Waals surface area contributed by atoms with Crippen molar-refractivity contribution in [1.29, 1.82) is 0 Å². The van der Waals surface area contributed by atoms with E-state index in [4.69, 9.17) is 0 Å².